The Morgan fingerprint density at radius 3 is 2.42 bits per heavy atom. The van der Waals surface area contributed by atoms with Gasteiger partial charge in [-0.05, 0) is 30.3 Å². The van der Waals surface area contributed by atoms with Gasteiger partial charge in [-0.3, -0.25) is 0 Å². The van der Waals surface area contributed by atoms with Gasteiger partial charge in [0.1, 0.15) is 0 Å². The van der Waals surface area contributed by atoms with E-state index in [1.807, 2.05) is 0 Å². The minimum atomic E-state index is -5.03. The lowest BCUT2D eigenvalue weighted by Gasteiger charge is -2.10. The van der Waals surface area contributed by atoms with E-state index in [2.05, 4.69) is 20.0 Å². The molecule has 0 aliphatic rings. The molecule has 0 saturated carbocycles. The molecule has 0 unspecified atom stereocenters. The molecular formula is C13H6F6N4O. The van der Waals surface area contributed by atoms with Crippen molar-refractivity contribution in [3.05, 3.63) is 42.0 Å². The van der Waals surface area contributed by atoms with Gasteiger partial charge in [-0.15, -0.1) is 23.4 Å². The number of nitrogens with zero attached hydrogens (tertiary/aromatic N) is 4. The van der Waals surface area contributed by atoms with E-state index < -0.39 is 30.2 Å². The van der Waals surface area contributed by atoms with Crippen LogP contribution < -0.4 is 4.74 Å². The first-order valence-electron chi connectivity index (χ1n) is 6.31. The van der Waals surface area contributed by atoms with E-state index in [0.717, 1.165) is 22.7 Å². The summed E-state index contributed by atoms with van der Waals surface area (Å²) in [5, 5.41) is 10.6. The molecule has 2 aromatic heterocycles. The molecule has 0 amide bonds. The molecule has 2 heterocycles. The minimum Gasteiger partial charge on any atom is -0.403 e. The maximum Gasteiger partial charge on any atom is 0.573 e. The summed E-state index contributed by atoms with van der Waals surface area (Å²) in [6.07, 6.45) is -7.96. The van der Waals surface area contributed by atoms with E-state index in [-0.39, 0.29) is 16.9 Å². The molecule has 11 heteroatoms. The standard InChI is InChI=1S/C13H6F6N4O/c14-7-5-6(1-3-9(7)24-13(17,18)19)8-2-4-10-20-21-12(11(15)16)23(10)22-8/h1-5,11H. The average molecular weight is 348 g/mol. The van der Waals surface area contributed by atoms with Crippen molar-refractivity contribution in [1.82, 2.24) is 19.8 Å². The summed E-state index contributed by atoms with van der Waals surface area (Å²) in [7, 11) is 0. The van der Waals surface area contributed by atoms with E-state index in [1.165, 1.54) is 12.1 Å². The van der Waals surface area contributed by atoms with Crippen LogP contribution in [0.2, 0.25) is 0 Å². The van der Waals surface area contributed by atoms with Gasteiger partial charge >= 0.3 is 6.36 Å². The zero-order valence-corrected chi connectivity index (χ0v) is 11.4. The Balaban J connectivity index is 2.01. The summed E-state index contributed by atoms with van der Waals surface area (Å²) in [6.45, 7) is 0. The van der Waals surface area contributed by atoms with Crippen molar-refractivity contribution < 1.29 is 31.1 Å². The van der Waals surface area contributed by atoms with Crippen LogP contribution in [0.3, 0.4) is 0 Å². The van der Waals surface area contributed by atoms with E-state index in [0.29, 0.717) is 0 Å². The first-order valence-corrected chi connectivity index (χ1v) is 6.31. The second-order valence-corrected chi connectivity index (χ2v) is 4.54. The van der Waals surface area contributed by atoms with Gasteiger partial charge in [0.05, 0.1) is 5.69 Å². The lowest BCUT2D eigenvalue weighted by molar-refractivity contribution is -0.275. The van der Waals surface area contributed by atoms with Gasteiger partial charge in [-0.25, -0.2) is 13.2 Å². The van der Waals surface area contributed by atoms with Gasteiger partial charge in [-0.1, -0.05) is 0 Å². The van der Waals surface area contributed by atoms with Gasteiger partial charge in [0.25, 0.3) is 6.43 Å². The highest BCUT2D eigenvalue weighted by molar-refractivity contribution is 5.61. The number of halogens is 6. The van der Waals surface area contributed by atoms with Crippen LogP contribution in [0, 0.1) is 5.82 Å². The highest BCUT2D eigenvalue weighted by Gasteiger charge is 2.32. The Morgan fingerprint density at radius 1 is 1.04 bits per heavy atom. The minimum absolute atomic E-state index is 0.0432. The predicted molar refractivity (Wildman–Crippen MR) is 67.8 cm³/mol. The SMILES string of the molecule is Fc1cc(-c2ccc3nnc(C(F)F)n3n2)ccc1OC(F)(F)F. The van der Waals surface area contributed by atoms with Gasteiger partial charge in [0, 0.05) is 5.56 Å². The summed E-state index contributed by atoms with van der Waals surface area (Å²) in [4.78, 5) is 0. The zero-order valence-electron chi connectivity index (χ0n) is 11.4. The largest absolute Gasteiger partial charge is 0.573 e. The molecular weight excluding hydrogens is 342 g/mol. The molecule has 0 saturated heterocycles. The molecule has 0 aliphatic carbocycles. The smallest absolute Gasteiger partial charge is 0.403 e. The Bertz CT molecular complexity index is 892. The third kappa shape index (κ3) is 3.09. The molecule has 3 aromatic rings. The van der Waals surface area contributed by atoms with E-state index in [9.17, 15) is 26.3 Å². The van der Waals surface area contributed by atoms with Crippen LogP contribution in [0.15, 0.2) is 30.3 Å². The number of aromatic nitrogens is 4. The summed E-state index contributed by atoms with van der Waals surface area (Å²) in [5.74, 6) is -2.99. The maximum atomic E-state index is 13.7. The number of hydrogen-bond donors (Lipinski definition) is 0. The molecule has 0 N–H and O–H groups in total. The number of rotatable bonds is 3. The monoisotopic (exact) mass is 348 g/mol. The number of ether oxygens (including phenoxy) is 1. The summed E-state index contributed by atoms with van der Waals surface area (Å²) >= 11 is 0. The van der Waals surface area contributed by atoms with Crippen LogP contribution in [0.1, 0.15) is 12.2 Å². The van der Waals surface area contributed by atoms with Gasteiger partial charge in [0.2, 0.25) is 5.82 Å². The van der Waals surface area contributed by atoms with Gasteiger partial charge in [-0.2, -0.15) is 9.61 Å². The van der Waals surface area contributed by atoms with Crippen LogP contribution in [0.5, 0.6) is 5.75 Å². The van der Waals surface area contributed by atoms with Crippen molar-refractivity contribution in [3.63, 3.8) is 0 Å². The van der Waals surface area contributed by atoms with E-state index >= 15 is 0 Å². The number of alkyl halides is 5. The van der Waals surface area contributed by atoms with Crippen molar-refractivity contribution >= 4 is 5.65 Å². The normalized spacial score (nSPS) is 12.1. The zero-order chi connectivity index (χ0) is 17.5. The van der Waals surface area contributed by atoms with E-state index in [4.69, 9.17) is 0 Å². The lowest BCUT2D eigenvalue weighted by atomic mass is 10.1. The van der Waals surface area contributed by atoms with Crippen LogP contribution in [0.4, 0.5) is 26.3 Å². The fraction of sp³-hybridized carbons (Fsp3) is 0.154. The van der Waals surface area contributed by atoms with Crippen LogP contribution in [-0.4, -0.2) is 26.2 Å². The Kier molecular flexibility index (Phi) is 3.78. The maximum absolute atomic E-state index is 13.7. The molecule has 0 atom stereocenters. The van der Waals surface area contributed by atoms with Crippen molar-refractivity contribution in [1.29, 1.82) is 0 Å². The fourth-order valence-electron chi connectivity index (χ4n) is 1.96. The lowest BCUT2D eigenvalue weighted by Crippen LogP contribution is -2.17. The Hall–Kier alpha value is -2.85. The number of hydrogen-bond acceptors (Lipinski definition) is 4. The first-order chi connectivity index (χ1) is 11.2. The van der Waals surface area contributed by atoms with Crippen LogP contribution >= 0.6 is 0 Å². The number of benzene rings is 1. The molecule has 24 heavy (non-hydrogen) atoms. The predicted octanol–water partition coefficient (Wildman–Crippen LogP) is 3.77. The average Bonchev–Trinajstić information content (AvgIpc) is 2.91. The Morgan fingerprint density at radius 2 is 1.79 bits per heavy atom. The molecule has 0 spiro atoms. The molecule has 5 nitrogen and oxygen atoms in total. The molecule has 0 fully saturated rings. The Labute approximate surface area is 129 Å². The number of fused-ring (bicyclic) bond motifs is 1. The third-order valence-electron chi connectivity index (χ3n) is 2.94. The van der Waals surface area contributed by atoms with E-state index in [1.54, 1.807) is 0 Å². The molecule has 0 radical (unpaired) electrons. The van der Waals surface area contributed by atoms with Crippen molar-refractivity contribution in [2.24, 2.45) is 0 Å². The fourth-order valence-corrected chi connectivity index (χ4v) is 1.96. The second kappa shape index (κ2) is 5.65. The molecule has 0 aliphatic heterocycles. The highest BCUT2D eigenvalue weighted by atomic mass is 19.4. The topological polar surface area (TPSA) is 52.3 Å². The molecule has 126 valence electrons. The second-order valence-electron chi connectivity index (χ2n) is 4.54. The van der Waals surface area contributed by atoms with Crippen LogP contribution in [0.25, 0.3) is 16.9 Å². The van der Waals surface area contributed by atoms with Crippen molar-refractivity contribution in [3.8, 4) is 17.0 Å². The molecule has 0 bridgehead atoms. The summed E-state index contributed by atoms with van der Waals surface area (Å²) in [5.41, 5.74) is 0.158. The first kappa shape index (κ1) is 16.0. The van der Waals surface area contributed by atoms with Crippen molar-refractivity contribution in [2.75, 3.05) is 0 Å². The van der Waals surface area contributed by atoms with Gasteiger partial charge < -0.3 is 4.74 Å². The summed E-state index contributed by atoms with van der Waals surface area (Å²) in [6, 6.07) is 5.30. The van der Waals surface area contributed by atoms with Crippen LogP contribution in [-0.2, 0) is 0 Å². The van der Waals surface area contributed by atoms with Crippen molar-refractivity contribution in [2.45, 2.75) is 12.8 Å². The third-order valence-corrected chi connectivity index (χ3v) is 2.94. The molecule has 3 rings (SSSR count). The molecule has 1 aromatic carbocycles. The van der Waals surface area contributed by atoms with Gasteiger partial charge in [0.15, 0.2) is 17.2 Å². The quantitative estimate of drug-likeness (QED) is 0.676. The summed E-state index contributed by atoms with van der Waals surface area (Å²) < 4.78 is 79.9. The highest BCUT2D eigenvalue weighted by Crippen LogP contribution is 2.29.